The fourth-order valence-corrected chi connectivity index (χ4v) is 10.1. The molecule has 3 aromatic carbocycles. The van der Waals surface area contributed by atoms with Crippen LogP contribution in [0, 0.1) is 24.0 Å². The highest BCUT2D eigenvalue weighted by molar-refractivity contribution is 6.03. The molecule has 56 heavy (non-hydrogen) atoms. The second kappa shape index (κ2) is 13.1. The van der Waals surface area contributed by atoms with Crippen molar-refractivity contribution in [1.82, 2.24) is 24.8 Å². The summed E-state index contributed by atoms with van der Waals surface area (Å²) >= 11 is 0. The van der Waals surface area contributed by atoms with Gasteiger partial charge in [-0.05, 0) is 99.3 Å². The molecule has 2 bridgehead atoms. The molecule has 0 radical (unpaired) electrons. The zero-order chi connectivity index (χ0) is 38.3. The lowest BCUT2D eigenvalue weighted by molar-refractivity contribution is -0.107. The van der Waals surface area contributed by atoms with Crippen LogP contribution >= 0.6 is 0 Å². The second-order valence-corrected chi connectivity index (χ2v) is 15.8. The molecule has 11 nitrogen and oxygen atoms in total. The van der Waals surface area contributed by atoms with E-state index in [0.29, 0.717) is 48.4 Å². The fourth-order valence-electron chi connectivity index (χ4n) is 10.1. The van der Waals surface area contributed by atoms with Gasteiger partial charge in [0.2, 0.25) is 6.41 Å². The number of anilines is 2. The zero-order valence-electron chi connectivity index (χ0n) is 30.7. The van der Waals surface area contributed by atoms with E-state index in [-0.39, 0.29) is 63.0 Å². The van der Waals surface area contributed by atoms with Gasteiger partial charge in [-0.3, -0.25) is 19.5 Å². The van der Waals surface area contributed by atoms with E-state index in [1.165, 1.54) is 30.5 Å². The van der Waals surface area contributed by atoms with Gasteiger partial charge in [0.1, 0.15) is 35.2 Å². The topological polar surface area (TPSA) is 115 Å². The number of aromatic hydroxyl groups is 1. The van der Waals surface area contributed by atoms with Gasteiger partial charge in [0, 0.05) is 48.0 Å². The highest BCUT2D eigenvalue weighted by Crippen LogP contribution is 2.42. The Kier molecular flexibility index (Phi) is 8.11. The number of terminal acetylenes is 1. The highest BCUT2D eigenvalue weighted by atomic mass is 19.1. The summed E-state index contributed by atoms with van der Waals surface area (Å²) in [6, 6.07) is 10.9. The molecule has 2 unspecified atom stereocenters. The van der Waals surface area contributed by atoms with Crippen LogP contribution in [0.5, 0.6) is 11.8 Å². The average Bonchev–Trinajstić information content (AvgIpc) is 3.97. The molecule has 0 aliphatic carbocycles. The standard InChI is InChI=1S/C43H39F2N7O4/c1-2-31-34(44)10-7-26-17-30(54)19-32(36(26)31)38-37(45)39-33(20-46-38)40(48-42(47-39)56-23-43-12-3-14-51(43)15-4-13-43)50-21-28-8-9-29(22-50)52(28)41(55)27-6-5-25-11-16-49(24-53)35(25)18-27/h1,5-7,10,17-20,24,28-29,54H,3-4,8-9,11-16,21-23H2. The van der Waals surface area contributed by atoms with Crippen molar-refractivity contribution in [1.29, 1.82) is 0 Å². The summed E-state index contributed by atoms with van der Waals surface area (Å²) < 4.78 is 38.6. The van der Waals surface area contributed by atoms with E-state index in [1.807, 2.05) is 23.1 Å². The van der Waals surface area contributed by atoms with Crippen LogP contribution in [0.25, 0.3) is 32.9 Å². The Morgan fingerprint density at radius 3 is 2.57 bits per heavy atom. The molecule has 0 spiro atoms. The van der Waals surface area contributed by atoms with Gasteiger partial charge in [0.25, 0.3) is 5.91 Å². The van der Waals surface area contributed by atoms with Crippen molar-refractivity contribution in [3.05, 3.63) is 77.0 Å². The quantitative estimate of drug-likeness (QED) is 0.162. The number of pyridine rings is 1. The number of benzene rings is 3. The third-order valence-corrected chi connectivity index (χ3v) is 12.8. The minimum atomic E-state index is -0.783. The number of hydrogen-bond acceptors (Lipinski definition) is 9. The number of carbonyl (C=O) groups is 2. The molecular formula is C43H39F2N7O4. The Balaban J connectivity index is 1.04. The largest absolute Gasteiger partial charge is 0.508 e. The summed E-state index contributed by atoms with van der Waals surface area (Å²) in [6.07, 6.45) is 14.6. The Bertz CT molecular complexity index is 2500. The summed E-state index contributed by atoms with van der Waals surface area (Å²) in [5, 5.41) is 11.7. The van der Waals surface area contributed by atoms with Crippen molar-refractivity contribution in [3.8, 4) is 35.4 Å². The van der Waals surface area contributed by atoms with Gasteiger partial charge in [0.15, 0.2) is 5.82 Å². The van der Waals surface area contributed by atoms with Crippen molar-refractivity contribution >= 4 is 45.5 Å². The lowest BCUT2D eigenvalue weighted by Gasteiger charge is -2.42. The van der Waals surface area contributed by atoms with Gasteiger partial charge in [-0.1, -0.05) is 18.1 Å². The number of amides is 2. The van der Waals surface area contributed by atoms with Crippen molar-refractivity contribution in [2.24, 2.45) is 0 Å². The number of nitrogens with zero attached hydrogens (tertiary/aromatic N) is 7. The number of rotatable bonds is 7. The van der Waals surface area contributed by atoms with E-state index in [0.717, 1.165) is 75.7 Å². The molecule has 4 fully saturated rings. The summed E-state index contributed by atoms with van der Waals surface area (Å²) in [5.74, 6) is 1.18. The lowest BCUT2D eigenvalue weighted by atomic mass is 9.95. The number of piperazine rings is 1. The normalized spacial score (nSPS) is 21.1. The molecule has 7 heterocycles. The molecule has 1 N–H and O–H groups in total. The minimum Gasteiger partial charge on any atom is -0.508 e. The number of aromatic nitrogens is 3. The molecule has 5 aliphatic heterocycles. The number of hydrogen-bond donors (Lipinski definition) is 1. The van der Waals surface area contributed by atoms with E-state index in [9.17, 15) is 14.7 Å². The first-order valence-corrected chi connectivity index (χ1v) is 19.3. The van der Waals surface area contributed by atoms with Crippen LogP contribution in [0.1, 0.15) is 60.0 Å². The van der Waals surface area contributed by atoms with Crippen LogP contribution < -0.4 is 14.5 Å². The summed E-state index contributed by atoms with van der Waals surface area (Å²) in [5.41, 5.74) is 2.16. The van der Waals surface area contributed by atoms with Crippen molar-refractivity contribution in [2.45, 2.75) is 62.6 Å². The highest BCUT2D eigenvalue weighted by Gasteiger charge is 2.46. The molecule has 5 aliphatic rings. The van der Waals surface area contributed by atoms with Crippen molar-refractivity contribution < 1.29 is 28.2 Å². The fraction of sp³-hybridized carbons (Fsp3) is 0.372. The molecule has 0 saturated carbocycles. The van der Waals surface area contributed by atoms with Crippen LogP contribution in [-0.4, -0.2) is 99.1 Å². The second-order valence-electron chi connectivity index (χ2n) is 15.8. The first-order valence-electron chi connectivity index (χ1n) is 19.3. The van der Waals surface area contributed by atoms with Crippen molar-refractivity contribution in [3.63, 3.8) is 0 Å². The predicted octanol–water partition coefficient (Wildman–Crippen LogP) is 5.83. The van der Waals surface area contributed by atoms with E-state index < -0.39 is 11.6 Å². The Morgan fingerprint density at radius 1 is 1.04 bits per heavy atom. The third kappa shape index (κ3) is 5.37. The molecule has 5 aromatic rings. The van der Waals surface area contributed by atoms with E-state index in [1.54, 1.807) is 4.90 Å². The number of phenols is 1. The van der Waals surface area contributed by atoms with Gasteiger partial charge in [-0.15, -0.1) is 6.42 Å². The monoisotopic (exact) mass is 755 g/mol. The number of carbonyl (C=O) groups excluding carboxylic acids is 2. The molecule has 284 valence electrons. The maximum absolute atomic E-state index is 17.2. The zero-order valence-corrected chi connectivity index (χ0v) is 30.7. The summed E-state index contributed by atoms with van der Waals surface area (Å²) in [4.78, 5) is 48.1. The molecular weight excluding hydrogens is 717 g/mol. The van der Waals surface area contributed by atoms with Crippen LogP contribution in [0.2, 0.25) is 0 Å². The van der Waals surface area contributed by atoms with Gasteiger partial charge >= 0.3 is 6.01 Å². The Morgan fingerprint density at radius 2 is 1.82 bits per heavy atom. The van der Waals surface area contributed by atoms with Gasteiger partial charge in [-0.25, -0.2) is 8.78 Å². The Hall–Kier alpha value is -5.87. The molecule has 2 amide bonds. The summed E-state index contributed by atoms with van der Waals surface area (Å²) in [6.45, 7) is 3.90. The molecule has 4 saturated heterocycles. The van der Waals surface area contributed by atoms with Crippen molar-refractivity contribution in [2.75, 3.05) is 49.1 Å². The average molecular weight is 756 g/mol. The predicted molar refractivity (Wildman–Crippen MR) is 207 cm³/mol. The van der Waals surface area contributed by atoms with Crippen LogP contribution in [-0.2, 0) is 11.2 Å². The van der Waals surface area contributed by atoms with Gasteiger partial charge in [0.05, 0.1) is 28.6 Å². The molecule has 10 rings (SSSR count). The smallest absolute Gasteiger partial charge is 0.319 e. The maximum Gasteiger partial charge on any atom is 0.319 e. The summed E-state index contributed by atoms with van der Waals surface area (Å²) in [7, 11) is 0. The van der Waals surface area contributed by atoms with E-state index in [4.69, 9.17) is 16.1 Å². The van der Waals surface area contributed by atoms with Gasteiger partial charge in [-0.2, -0.15) is 9.97 Å². The number of fused-ring (bicyclic) bond motifs is 6. The van der Waals surface area contributed by atoms with Crippen LogP contribution in [0.15, 0.2) is 48.7 Å². The third-order valence-electron chi connectivity index (χ3n) is 12.8. The first kappa shape index (κ1) is 34.6. The van der Waals surface area contributed by atoms with Crippen LogP contribution in [0.4, 0.5) is 20.3 Å². The lowest BCUT2D eigenvalue weighted by Crippen LogP contribution is -2.56. The molecule has 2 aromatic heterocycles. The molecule has 13 heteroatoms. The molecule has 2 atom stereocenters. The SMILES string of the molecule is C#Cc1c(F)ccc2cc(O)cc(-c3ncc4c(N5CC6CCC(C5)N6C(=O)c5ccc6c(c5)N(C=O)CC6)nc(OCC56CCCN5CCC6)nc4c3F)c12. The first-order chi connectivity index (χ1) is 27.2. The van der Waals surface area contributed by atoms with E-state index >= 15 is 8.78 Å². The number of ether oxygens (including phenoxy) is 1. The Labute approximate surface area is 321 Å². The number of phenolic OH excluding ortho intramolecular Hbond substituents is 1. The van der Waals surface area contributed by atoms with Gasteiger partial charge < -0.3 is 24.5 Å². The number of halogens is 2. The maximum atomic E-state index is 17.2. The van der Waals surface area contributed by atoms with E-state index in [2.05, 4.69) is 25.7 Å². The van der Waals surface area contributed by atoms with Crippen LogP contribution in [0.3, 0.4) is 0 Å². The minimum absolute atomic E-state index is 0.0268.